The smallest absolute Gasteiger partial charge is 0.244 e. The van der Waals surface area contributed by atoms with Crippen molar-refractivity contribution in [3.8, 4) is 5.75 Å². The van der Waals surface area contributed by atoms with Crippen LogP contribution in [-0.2, 0) is 32.6 Å². The van der Waals surface area contributed by atoms with Crippen LogP contribution in [0.4, 0.5) is 5.69 Å². The number of methoxy groups -OCH3 is 1. The molecule has 0 saturated carbocycles. The Kier molecular flexibility index (Phi) is 9.90. The molecular weight excluding hydrogens is 502 g/mol. The number of hydrogen-bond acceptors (Lipinski definition) is 5. The molecule has 9 heteroatoms. The van der Waals surface area contributed by atoms with E-state index in [0.29, 0.717) is 18.0 Å². The molecule has 202 valence electrons. The summed E-state index contributed by atoms with van der Waals surface area (Å²) in [6, 6.07) is 22.7. The Hall–Kier alpha value is -3.85. The van der Waals surface area contributed by atoms with Crippen LogP contribution in [0.25, 0.3) is 0 Å². The highest BCUT2D eigenvalue weighted by Crippen LogP contribution is 2.23. The van der Waals surface area contributed by atoms with Gasteiger partial charge in [0.1, 0.15) is 18.3 Å². The minimum absolute atomic E-state index is 0.148. The van der Waals surface area contributed by atoms with Crippen molar-refractivity contribution in [1.29, 1.82) is 0 Å². The van der Waals surface area contributed by atoms with Crippen LogP contribution in [0, 0.1) is 6.92 Å². The van der Waals surface area contributed by atoms with E-state index in [4.69, 9.17) is 4.74 Å². The van der Waals surface area contributed by atoms with Crippen molar-refractivity contribution < 1.29 is 22.7 Å². The molecule has 2 amide bonds. The third kappa shape index (κ3) is 7.82. The van der Waals surface area contributed by atoms with E-state index in [9.17, 15) is 18.0 Å². The Labute approximate surface area is 225 Å². The van der Waals surface area contributed by atoms with Gasteiger partial charge in [0.15, 0.2) is 0 Å². The predicted molar refractivity (Wildman–Crippen MR) is 150 cm³/mol. The van der Waals surface area contributed by atoms with E-state index < -0.39 is 28.5 Å². The molecule has 0 heterocycles. The number of carbonyl (C=O) groups is 2. The van der Waals surface area contributed by atoms with Gasteiger partial charge in [-0.05, 0) is 49.2 Å². The van der Waals surface area contributed by atoms with Gasteiger partial charge in [-0.1, -0.05) is 60.2 Å². The van der Waals surface area contributed by atoms with Gasteiger partial charge in [0.05, 0.1) is 19.1 Å². The van der Waals surface area contributed by atoms with Gasteiger partial charge in [-0.15, -0.1) is 0 Å². The summed E-state index contributed by atoms with van der Waals surface area (Å²) in [5, 5.41) is 2.85. The van der Waals surface area contributed by atoms with Crippen LogP contribution >= 0.6 is 0 Å². The molecule has 0 spiro atoms. The Morgan fingerprint density at radius 3 is 2.18 bits per heavy atom. The first-order valence-corrected chi connectivity index (χ1v) is 14.3. The van der Waals surface area contributed by atoms with Crippen molar-refractivity contribution >= 4 is 27.5 Å². The van der Waals surface area contributed by atoms with Gasteiger partial charge in [0, 0.05) is 19.5 Å². The monoisotopic (exact) mass is 537 g/mol. The summed E-state index contributed by atoms with van der Waals surface area (Å²) in [4.78, 5) is 28.7. The number of rotatable bonds is 12. The summed E-state index contributed by atoms with van der Waals surface area (Å²) in [6.07, 6.45) is 1.34. The molecule has 3 aromatic carbocycles. The highest BCUT2D eigenvalue weighted by Gasteiger charge is 2.32. The molecule has 0 aliphatic rings. The molecule has 0 aromatic heterocycles. The van der Waals surface area contributed by atoms with Crippen LogP contribution in [0.5, 0.6) is 5.75 Å². The Morgan fingerprint density at radius 1 is 0.947 bits per heavy atom. The number of nitrogens with zero attached hydrogens (tertiary/aromatic N) is 2. The molecule has 0 saturated heterocycles. The van der Waals surface area contributed by atoms with Crippen LogP contribution in [0.3, 0.4) is 0 Å². The fraction of sp³-hybridized carbons (Fsp3) is 0.310. The fourth-order valence-corrected chi connectivity index (χ4v) is 5.06. The number of hydrogen-bond donors (Lipinski definition) is 1. The minimum Gasteiger partial charge on any atom is -0.497 e. The summed E-state index contributed by atoms with van der Waals surface area (Å²) >= 11 is 0. The van der Waals surface area contributed by atoms with Crippen molar-refractivity contribution in [3.05, 3.63) is 95.6 Å². The molecule has 1 atom stereocenters. The van der Waals surface area contributed by atoms with E-state index in [0.717, 1.165) is 27.3 Å². The van der Waals surface area contributed by atoms with Crippen molar-refractivity contribution in [2.75, 3.05) is 30.8 Å². The zero-order chi connectivity index (χ0) is 27.7. The van der Waals surface area contributed by atoms with Gasteiger partial charge in [-0.3, -0.25) is 13.9 Å². The Morgan fingerprint density at radius 2 is 1.61 bits per heavy atom. The van der Waals surface area contributed by atoms with E-state index in [2.05, 4.69) is 5.32 Å². The Balaban J connectivity index is 2.02. The number of sulfonamides is 1. The van der Waals surface area contributed by atoms with Gasteiger partial charge in [0.2, 0.25) is 21.8 Å². The number of likely N-dealkylation sites (N-methyl/N-ethyl adjacent to an activating group) is 1. The van der Waals surface area contributed by atoms with Crippen molar-refractivity contribution in [2.45, 2.75) is 32.9 Å². The molecule has 8 nitrogen and oxygen atoms in total. The maximum absolute atomic E-state index is 13.9. The SMILES string of the molecule is CCNC(=O)C(Cc1ccccc1)N(Cc1cccc(C)c1)C(=O)CN(c1ccc(OC)cc1)S(C)(=O)=O. The highest BCUT2D eigenvalue weighted by atomic mass is 32.2. The summed E-state index contributed by atoms with van der Waals surface area (Å²) in [6.45, 7) is 3.87. The van der Waals surface area contributed by atoms with Crippen LogP contribution in [-0.4, -0.2) is 57.6 Å². The molecule has 3 aromatic rings. The molecule has 0 aliphatic carbocycles. The van der Waals surface area contributed by atoms with Crippen molar-refractivity contribution in [1.82, 2.24) is 10.2 Å². The van der Waals surface area contributed by atoms with E-state index in [1.807, 2.05) is 68.4 Å². The second kappa shape index (κ2) is 13.1. The molecule has 0 bridgehead atoms. The van der Waals surface area contributed by atoms with Gasteiger partial charge in [-0.2, -0.15) is 0 Å². The summed E-state index contributed by atoms with van der Waals surface area (Å²) < 4.78 is 31.8. The number of ether oxygens (including phenoxy) is 1. The third-order valence-corrected chi connectivity index (χ3v) is 7.24. The van der Waals surface area contributed by atoms with Crippen molar-refractivity contribution in [2.24, 2.45) is 0 Å². The van der Waals surface area contributed by atoms with Gasteiger partial charge < -0.3 is 15.0 Å². The van der Waals surface area contributed by atoms with E-state index in [1.54, 1.807) is 24.3 Å². The first kappa shape index (κ1) is 28.7. The summed E-state index contributed by atoms with van der Waals surface area (Å²) in [7, 11) is -2.30. The quantitative estimate of drug-likeness (QED) is 0.381. The number of aryl methyl sites for hydroxylation is 1. The lowest BCUT2D eigenvalue weighted by molar-refractivity contribution is -0.140. The van der Waals surface area contributed by atoms with E-state index in [-0.39, 0.29) is 18.9 Å². The van der Waals surface area contributed by atoms with Gasteiger partial charge in [0.25, 0.3) is 0 Å². The highest BCUT2D eigenvalue weighted by molar-refractivity contribution is 7.92. The predicted octanol–water partition coefficient (Wildman–Crippen LogP) is 3.55. The lowest BCUT2D eigenvalue weighted by atomic mass is 10.0. The molecule has 0 fully saturated rings. The molecule has 38 heavy (non-hydrogen) atoms. The maximum atomic E-state index is 13.9. The molecule has 3 rings (SSSR count). The average Bonchev–Trinajstić information content (AvgIpc) is 2.89. The zero-order valence-corrected chi connectivity index (χ0v) is 23.1. The standard InChI is InChI=1S/C29H35N3O5S/c1-5-30-29(34)27(19-23-11-7-6-8-12-23)31(20-24-13-9-10-22(2)18-24)28(33)21-32(38(4,35)36)25-14-16-26(37-3)17-15-25/h6-18,27H,5,19-21H2,1-4H3,(H,30,34). The van der Waals surface area contributed by atoms with Crippen LogP contribution in [0.2, 0.25) is 0 Å². The third-order valence-electron chi connectivity index (χ3n) is 6.10. The number of carbonyl (C=O) groups excluding carboxylic acids is 2. The van der Waals surface area contributed by atoms with Crippen molar-refractivity contribution in [3.63, 3.8) is 0 Å². The molecule has 1 N–H and O–H groups in total. The molecular formula is C29H35N3O5S. The topological polar surface area (TPSA) is 96.0 Å². The van der Waals surface area contributed by atoms with Gasteiger partial charge in [-0.25, -0.2) is 8.42 Å². The first-order valence-electron chi connectivity index (χ1n) is 12.4. The minimum atomic E-state index is -3.82. The summed E-state index contributed by atoms with van der Waals surface area (Å²) in [5.74, 6) is -0.221. The summed E-state index contributed by atoms with van der Waals surface area (Å²) in [5.41, 5.74) is 3.08. The lowest BCUT2D eigenvalue weighted by Gasteiger charge is -2.33. The van der Waals surface area contributed by atoms with Crippen LogP contribution in [0.15, 0.2) is 78.9 Å². The normalized spacial score (nSPS) is 11.9. The maximum Gasteiger partial charge on any atom is 0.244 e. The largest absolute Gasteiger partial charge is 0.497 e. The second-order valence-corrected chi connectivity index (χ2v) is 11.0. The van der Waals surface area contributed by atoms with Crippen LogP contribution < -0.4 is 14.4 Å². The zero-order valence-electron chi connectivity index (χ0n) is 22.3. The van der Waals surface area contributed by atoms with E-state index in [1.165, 1.54) is 12.0 Å². The Bertz CT molecular complexity index is 1330. The second-order valence-electron chi connectivity index (χ2n) is 9.08. The number of amides is 2. The first-order chi connectivity index (χ1) is 18.1. The fourth-order valence-electron chi connectivity index (χ4n) is 4.22. The van der Waals surface area contributed by atoms with Crippen LogP contribution in [0.1, 0.15) is 23.6 Å². The molecule has 0 aliphatic heterocycles. The number of anilines is 1. The number of benzene rings is 3. The number of nitrogens with one attached hydrogen (secondary N) is 1. The van der Waals surface area contributed by atoms with Gasteiger partial charge >= 0.3 is 0 Å². The molecule has 1 unspecified atom stereocenters. The van der Waals surface area contributed by atoms with E-state index >= 15 is 0 Å². The molecule has 0 radical (unpaired) electrons. The lowest BCUT2D eigenvalue weighted by Crippen LogP contribution is -2.53. The average molecular weight is 538 g/mol.